The number of carbonyl (C=O) groups is 1. The van der Waals surface area contributed by atoms with Gasteiger partial charge in [0.1, 0.15) is 19.8 Å². The number of phosphoric ester groups is 1. The average molecular weight is 743 g/mol. The van der Waals surface area contributed by atoms with Crippen LogP contribution in [0.1, 0.15) is 174 Å². The van der Waals surface area contributed by atoms with Crippen LogP contribution in [0.3, 0.4) is 0 Å². The number of hydrogen-bond acceptors (Lipinski definition) is 6. The van der Waals surface area contributed by atoms with Crippen LogP contribution in [0, 0.1) is 0 Å². The van der Waals surface area contributed by atoms with E-state index in [1.54, 1.807) is 6.26 Å². The minimum absolute atomic E-state index is 0.0546. The lowest BCUT2D eigenvalue weighted by atomic mass is 10.0. The van der Waals surface area contributed by atoms with Crippen LogP contribution in [0.4, 0.5) is 0 Å². The van der Waals surface area contributed by atoms with Crippen molar-refractivity contribution in [2.45, 2.75) is 180 Å². The van der Waals surface area contributed by atoms with Crippen molar-refractivity contribution >= 4 is 13.8 Å². The summed E-state index contributed by atoms with van der Waals surface area (Å²) >= 11 is 0. The van der Waals surface area contributed by atoms with E-state index < -0.39 is 13.9 Å². The third-order valence-electron chi connectivity index (χ3n) is 8.79. The molecule has 0 saturated heterocycles. The molecule has 0 aromatic carbocycles. The number of unbranched alkanes of at least 4 members (excludes halogenated alkanes) is 20. The van der Waals surface area contributed by atoms with E-state index in [0.29, 0.717) is 17.4 Å². The Morgan fingerprint density at radius 1 is 0.627 bits per heavy atom. The standard InChI is InChI=1S/C42H80NO7P/c1-6-8-10-12-14-16-18-20-22-23-25-27-29-31-33-35-42(44)48-39-41(40-50-51(45,46)49-38-36-43(3,4)5)47-37-34-32-30-28-26-24-21-19-17-15-13-11-9-7-2/h14,16,20,22,34,37,41H,6-13,15,17-19,21,23-33,35-36,38-40H2,1-5H3/p+1/b16-14-,22-20-,37-34-. The number of rotatable bonds is 38. The van der Waals surface area contributed by atoms with E-state index in [4.69, 9.17) is 18.5 Å². The van der Waals surface area contributed by atoms with Crippen molar-refractivity contribution in [1.82, 2.24) is 0 Å². The van der Waals surface area contributed by atoms with Crippen LogP contribution in [-0.4, -0.2) is 69.0 Å². The third kappa shape index (κ3) is 39.6. The topological polar surface area (TPSA) is 91.3 Å². The van der Waals surface area contributed by atoms with Crippen molar-refractivity contribution in [1.29, 1.82) is 0 Å². The normalized spacial score (nSPS) is 14.2. The van der Waals surface area contributed by atoms with E-state index in [0.717, 1.165) is 51.4 Å². The minimum Gasteiger partial charge on any atom is -0.492 e. The van der Waals surface area contributed by atoms with Crippen molar-refractivity contribution in [2.75, 3.05) is 47.5 Å². The van der Waals surface area contributed by atoms with Gasteiger partial charge in [0, 0.05) is 6.42 Å². The number of esters is 1. The van der Waals surface area contributed by atoms with Crippen LogP contribution in [0.5, 0.6) is 0 Å². The molecular formula is C42H81NO7P+. The number of quaternary nitrogens is 1. The Balaban J connectivity index is 4.34. The van der Waals surface area contributed by atoms with Crippen LogP contribution >= 0.6 is 7.82 Å². The Labute approximate surface area is 315 Å². The summed E-state index contributed by atoms with van der Waals surface area (Å²) in [5, 5.41) is 0. The average Bonchev–Trinajstić information content (AvgIpc) is 3.08. The number of ether oxygens (including phenoxy) is 2. The Hall–Kier alpha value is -1.44. The summed E-state index contributed by atoms with van der Waals surface area (Å²) in [6, 6.07) is 0. The fourth-order valence-corrected chi connectivity index (χ4v) is 6.19. The molecule has 0 spiro atoms. The predicted molar refractivity (Wildman–Crippen MR) is 215 cm³/mol. The summed E-state index contributed by atoms with van der Waals surface area (Å²) in [7, 11) is 1.66. The first kappa shape index (κ1) is 49.6. The van der Waals surface area contributed by atoms with Crippen LogP contribution in [0.15, 0.2) is 36.6 Å². The highest BCUT2D eigenvalue weighted by Crippen LogP contribution is 2.43. The molecule has 51 heavy (non-hydrogen) atoms. The zero-order chi connectivity index (χ0) is 37.7. The molecule has 0 radical (unpaired) electrons. The van der Waals surface area contributed by atoms with Gasteiger partial charge >= 0.3 is 13.8 Å². The van der Waals surface area contributed by atoms with Crippen LogP contribution in [0.25, 0.3) is 0 Å². The van der Waals surface area contributed by atoms with Gasteiger partial charge < -0.3 is 18.9 Å². The molecule has 9 heteroatoms. The lowest BCUT2D eigenvalue weighted by Gasteiger charge is -2.24. The number of allylic oxidation sites excluding steroid dienone is 5. The first-order chi connectivity index (χ1) is 24.6. The first-order valence-electron chi connectivity index (χ1n) is 20.8. The molecule has 0 bridgehead atoms. The molecule has 8 nitrogen and oxygen atoms in total. The molecule has 0 aliphatic carbocycles. The summed E-state index contributed by atoms with van der Waals surface area (Å²) < 4.78 is 34.7. The van der Waals surface area contributed by atoms with Crippen molar-refractivity contribution in [2.24, 2.45) is 0 Å². The molecule has 0 aromatic rings. The predicted octanol–water partition coefficient (Wildman–Crippen LogP) is 12.2. The minimum atomic E-state index is -4.26. The molecule has 2 atom stereocenters. The lowest BCUT2D eigenvalue weighted by molar-refractivity contribution is -0.870. The van der Waals surface area contributed by atoms with E-state index in [1.807, 2.05) is 27.2 Å². The lowest BCUT2D eigenvalue weighted by Crippen LogP contribution is -2.37. The van der Waals surface area contributed by atoms with Gasteiger partial charge in [-0.3, -0.25) is 13.8 Å². The molecule has 0 saturated carbocycles. The molecule has 0 amide bonds. The Morgan fingerprint density at radius 2 is 1.10 bits per heavy atom. The number of hydrogen-bond donors (Lipinski definition) is 1. The molecule has 300 valence electrons. The SMILES string of the molecule is CCCCC/C=C\C/C=C\CCCCCCCC(=O)OCC(COP(=O)(O)OCC[N+](C)(C)C)O/C=C\CCCCCCCCCCCCCC. The number of phosphoric acid groups is 1. The Morgan fingerprint density at radius 3 is 1.65 bits per heavy atom. The van der Waals surface area contributed by atoms with E-state index >= 15 is 0 Å². The second kappa shape index (κ2) is 35.6. The van der Waals surface area contributed by atoms with Gasteiger partial charge in [-0.2, -0.15) is 0 Å². The second-order valence-corrected chi connectivity index (χ2v) is 16.5. The van der Waals surface area contributed by atoms with Crippen LogP contribution < -0.4 is 0 Å². The number of nitrogens with zero attached hydrogens (tertiary/aromatic N) is 1. The second-order valence-electron chi connectivity index (χ2n) is 15.1. The summed E-state index contributed by atoms with van der Waals surface area (Å²) in [6.45, 7) is 4.86. The molecule has 0 aliphatic rings. The van der Waals surface area contributed by atoms with Gasteiger partial charge in [0.2, 0.25) is 0 Å². The molecule has 0 rings (SSSR count). The first-order valence-corrected chi connectivity index (χ1v) is 22.3. The summed E-state index contributed by atoms with van der Waals surface area (Å²) in [5.74, 6) is -0.291. The Kier molecular flexibility index (Phi) is 34.6. The maximum atomic E-state index is 12.4. The molecule has 0 fully saturated rings. The summed E-state index contributed by atoms with van der Waals surface area (Å²) in [6.07, 6.45) is 41.3. The number of likely N-dealkylation sites (N-methyl/N-ethyl adjacent to an activating group) is 1. The molecular weight excluding hydrogens is 661 g/mol. The van der Waals surface area contributed by atoms with Gasteiger partial charge in [-0.25, -0.2) is 4.57 Å². The van der Waals surface area contributed by atoms with Crippen LogP contribution in [-0.2, 0) is 27.9 Å². The van der Waals surface area contributed by atoms with E-state index in [-0.39, 0.29) is 25.8 Å². The van der Waals surface area contributed by atoms with Gasteiger partial charge in [-0.15, -0.1) is 0 Å². The van der Waals surface area contributed by atoms with Gasteiger partial charge in [-0.05, 0) is 57.4 Å². The smallest absolute Gasteiger partial charge is 0.472 e. The molecule has 0 aliphatic heterocycles. The van der Waals surface area contributed by atoms with Gasteiger partial charge in [0.05, 0.1) is 34.0 Å². The molecule has 1 N–H and O–H groups in total. The van der Waals surface area contributed by atoms with Crippen molar-refractivity contribution in [3.63, 3.8) is 0 Å². The zero-order valence-corrected chi connectivity index (χ0v) is 34.7. The van der Waals surface area contributed by atoms with E-state index in [9.17, 15) is 14.3 Å². The van der Waals surface area contributed by atoms with Gasteiger partial charge in [0.15, 0.2) is 6.10 Å². The van der Waals surface area contributed by atoms with E-state index in [1.165, 1.54) is 103 Å². The summed E-state index contributed by atoms with van der Waals surface area (Å²) in [4.78, 5) is 22.6. The van der Waals surface area contributed by atoms with Crippen LogP contribution in [0.2, 0.25) is 0 Å². The third-order valence-corrected chi connectivity index (χ3v) is 9.78. The maximum Gasteiger partial charge on any atom is 0.472 e. The Bertz CT molecular complexity index is 915. The quantitative estimate of drug-likeness (QED) is 0.0168. The molecule has 0 aromatic heterocycles. The van der Waals surface area contributed by atoms with Crippen molar-refractivity contribution in [3.05, 3.63) is 36.6 Å². The van der Waals surface area contributed by atoms with Gasteiger partial charge in [-0.1, -0.05) is 141 Å². The van der Waals surface area contributed by atoms with Crippen molar-refractivity contribution < 1.29 is 37.3 Å². The zero-order valence-electron chi connectivity index (χ0n) is 33.8. The fraction of sp³-hybridized carbons (Fsp3) is 0.833. The van der Waals surface area contributed by atoms with Gasteiger partial charge in [0.25, 0.3) is 0 Å². The molecule has 0 heterocycles. The highest BCUT2D eigenvalue weighted by atomic mass is 31.2. The maximum absolute atomic E-state index is 12.4. The highest BCUT2D eigenvalue weighted by molar-refractivity contribution is 7.47. The van der Waals surface area contributed by atoms with Crippen molar-refractivity contribution in [3.8, 4) is 0 Å². The fourth-order valence-electron chi connectivity index (χ4n) is 5.45. The largest absolute Gasteiger partial charge is 0.492 e. The monoisotopic (exact) mass is 743 g/mol. The molecule has 2 unspecified atom stereocenters. The highest BCUT2D eigenvalue weighted by Gasteiger charge is 2.25. The van der Waals surface area contributed by atoms with E-state index in [2.05, 4.69) is 38.2 Å². The summed E-state index contributed by atoms with van der Waals surface area (Å²) in [5.41, 5.74) is 0. The number of carbonyl (C=O) groups excluding carboxylic acids is 1.